The Kier molecular flexibility index (Phi) is 2.62. The van der Waals surface area contributed by atoms with Gasteiger partial charge in [-0.25, -0.2) is 10.0 Å². The maximum absolute atomic E-state index is 9.30. The molecular formula is C6H14N2O2. The lowest BCUT2D eigenvalue weighted by Crippen LogP contribution is -2.51. The van der Waals surface area contributed by atoms with E-state index in [1.165, 1.54) is 0 Å². The van der Waals surface area contributed by atoms with Crippen molar-refractivity contribution in [2.75, 3.05) is 33.9 Å². The summed E-state index contributed by atoms with van der Waals surface area (Å²) < 4.78 is 5.04. The van der Waals surface area contributed by atoms with Crippen molar-refractivity contribution in [3.05, 3.63) is 0 Å². The van der Waals surface area contributed by atoms with Gasteiger partial charge in [0.15, 0.2) is 0 Å². The molecule has 0 bridgehead atoms. The van der Waals surface area contributed by atoms with Crippen LogP contribution in [-0.2, 0) is 4.74 Å². The van der Waals surface area contributed by atoms with Crippen LogP contribution in [-0.4, -0.2) is 55.2 Å². The minimum absolute atomic E-state index is 0.415. The number of hydrogen-bond donors (Lipinski definition) is 1. The Labute approximate surface area is 61.0 Å². The van der Waals surface area contributed by atoms with Crippen LogP contribution in [0.1, 0.15) is 0 Å². The molecule has 0 aliphatic carbocycles. The minimum atomic E-state index is -0.469. The van der Waals surface area contributed by atoms with Crippen LogP contribution in [0.25, 0.3) is 0 Å². The molecule has 0 amide bonds. The first kappa shape index (κ1) is 7.94. The molecule has 1 N–H and O–H groups in total. The van der Waals surface area contributed by atoms with Gasteiger partial charge in [0.2, 0.25) is 0 Å². The summed E-state index contributed by atoms with van der Waals surface area (Å²) in [5.74, 6) is 0. The van der Waals surface area contributed by atoms with Crippen molar-refractivity contribution in [1.29, 1.82) is 0 Å². The van der Waals surface area contributed by atoms with Crippen LogP contribution in [0, 0.1) is 0 Å². The molecule has 1 fully saturated rings. The first-order valence-corrected chi connectivity index (χ1v) is 3.41. The number of aliphatic hydroxyl groups is 1. The molecule has 0 aromatic carbocycles. The molecule has 0 saturated carbocycles. The van der Waals surface area contributed by atoms with Crippen molar-refractivity contribution in [2.24, 2.45) is 0 Å². The standard InChI is InChI=1S/C6H14N2O2/c1-7(2)8-3-4-10-5-6(8)9/h6,9H,3-5H2,1-2H3. The molecule has 1 rings (SSSR count). The zero-order valence-corrected chi connectivity index (χ0v) is 6.45. The van der Waals surface area contributed by atoms with Gasteiger partial charge in [0, 0.05) is 20.6 Å². The molecule has 1 aliphatic heterocycles. The molecule has 60 valence electrons. The van der Waals surface area contributed by atoms with E-state index in [2.05, 4.69) is 0 Å². The Bertz CT molecular complexity index is 108. The van der Waals surface area contributed by atoms with Crippen LogP contribution < -0.4 is 0 Å². The van der Waals surface area contributed by atoms with Gasteiger partial charge in [-0.3, -0.25) is 0 Å². The van der Waals surface area contributed by atoms with Crippen molar-refractivity contribution in [1.82, 2.24) is 10.0 Å². The average Bonchev–Trinajstić information content (AvgIpc) is 1.88. The summed E-state index contributed by atoms with van der Waals surface area (Å²) in [6.45, 7) is 1.89. The van der Waals surface area contributed by atoms with Gasteiger partial charge in [-0.15, -0.1) is 0 Å². The molecule has 0 spiro atoms. The first-order valence-electron chi connectivity index (χ1n) is 3.41. The van der Waals surface area contributed by atoms with Crippen LogP contribution in [0.15, 0.2) is 0 Å². The Morgan fingerprint density at radius 3 is 2.70 bits per heavy atom. The molecule has 1 unspecified atom stereocenters. The van der Waals surface area contributed by atoms with Crippen molar-refractivity contribution < 1.29 is 9.84 Å². The van der Waals surface area contributed by atoms with Gasteiger partial charge in [-0.05, 0) is 0 Å². The lowest BCUT2D eigenvalue weighted by molar-refractivity contribution is -0.182. The van der Waals surface area contributed by atoms with Gasteiger partial charge in [0.1, 0.15) is 6.23 Å². The average molecular weight is 146 g/mol. The van der Waals surface area contributed by atoms with Crippen LogP contribution in [0.4, 0.5) is 0 Å². The summed E-state index contributed by atoms with van der Waals surface area (Å²) in [6.07, 6.45) is -0.469. The second kappa shape index (κ2) is 3.30. The Balaban J connectivity index is 2.40. The lowest BCUT2D eigenvalue weighted by atomic mass is 10.4. The molecule has 10 heavy (non-hydrogen) atoms. The molecule has 0 aromatic heterocycles. The number of hydrazine groups is 1. The van der Waals surface area contributed by atoms with E-state index in [-0.39, 0.29) is 0 Å². The number of aliphatic hydroxyl groups excluding tert-OH is 1. The molecule has 0 radical (unpaired) electrons. The zero-order valence-electron chi connectivity index (χ0n) is 6.45. The van der Waals surface area contributed by atoms with E-state index in [1.54, 1.807) is 0 Å². The molecule has 4 heteroatoms. The second-order valence-electron chi connectivity index (χ2n) is 2.57. The fourth-order valence-corrected chi connectivity index (χ4v) is 1.05. The highest BCUT2D eigenvalue weighted by molar-refractivity contribution is 4.60. The van der Waals surface area contributed by atoms with Crippen LogP contribution in [0.2, 0.25) is 0 Å². The number of ether oxygens (including phenoxy) is 1. The van der Waals surface area contributed by atoms with Crippen LogP contribution in [0.3, 0.4) is 0 Å². The number of morpholine rings is 1. The smallest absolute Gasteiger partial charge is 0.143 e. The number of nitrogens with zero attached hydrogens (tertiary/aromatic N) is 2. The highest BCUT2D eigenvalue weighted by Gasteiger charge is 2.21. The minimum Gasteiger partial charge on any atom is -0.376 e. The number of rotatable bonds is 1. The summed E-state index contributed by atoms with van der Waals surface area (Å²) in [5.41, 5.74) is 0. The van der Waals surface area contributed by atoms with Gasteiger partial charge in [0.05, 0.1) is 13.2 Å². The third-order valence-electron chi connectivity index (χ3n) is 1.59. The van der Waals surface area contributed by atoms with E-state index in [1.807, 2.05) is 24.1 Å². The Morgan fingerprint density at radius 2 is 2.30 bits per heavy atom. The summed E-state index contributed by atoms with van der Waals surface area (Å²) in [7, 11) is 3.82. The summed E-state index contributed by atoms with van der Waals surface area (Å²) in [6, 6.07) is 0. The van der Waals surface area contributed by atoms with E-state index in [0.717, 1.165) is 6.54 Å². The predicted molar refractivity (Wildman–Crippen MR) is 37.2 cm³/mol. The summed E-state index contributed by atoms with van der Waals surface area (Å²) >= 11 is 0. The molecule has 1 aliphatic rings. The van der Waals surface area contributed by atoms with Crippen molar-refractivity contribution in [3.63, 3.8) is 0 Å². The van der Waals surface area contributed by atoms with E-state index >= 15 is 0 Å². The molecular weight excluding hydrogens is 132 g/mol. The maximum Gasteiger partial charge on any atom is 0.143 e. The first-order chi connectivity index (χ1) is 4.72. The van der Waals surface area contributed by atoms with Crippen LogP contribution in [0.5, 0.6) is 0 Å². The SMILES string of the molecule is CN(C)N1CCOCC1O. The normalized spacial score (nSPS) is 29.4. The fourth-order valence-electron chi connectivity index (χ4n) is 1.05. The summed E-state index contributed by atoms with van der Waals surface area (Å²) in [5, 5.41) is 13.0. The molecule has 4 nitrogen and oxygen atoms in total. The molecule has 1 heterocycles. The highest BCUT2D eigenvalue weighted by Crippen LogP contribution is 2.03. The Hall–Kier alpha value is -0.160. The third-order valence-corrected chi connectivity index (χ3v) is 1.59. The highest BCUT2D eigenvalue weighted by atomic mass is 16.5. The lowest BCUT2D eigenvalue weighted by Gasteiger charge is -2.36. The van der Waals surface area contributed by atoms with E-state index < -0.39 is 6.23 Å². The van der Waals surface area contributed by atoms with E-state index in [9.17, 15) is 5.11 Å². The third kappa shape index (κ3) is 1.67. The van der Waals surface area contributed by atoms with Crippen molar-refractivity contribution in [3.8, 4) is 0 Å². The fraction of sp³-hybridized carbons (Fsp3) is 1.00. The zero-order chi connectivity index (χ0) is 7.56. The molecule has 1 atom stereocenters. The number of hydrogen-bond acceptors (Lipinski definition) is 4. The largest absolute Gasteiger partial charge is 0.376 e. The monoisotopic (exact) mass is 146 g/mol. The molecule has 0 aromatic rings. The van der Waals surface area contributed by atoms with E-state index in [0.29, 0.717) is 13.2 Å². The second-order valence-corrected chi connectivity index (χ2v) is 2.57. The Morgan fingerprint density at radius 1 is 1.60 bits per heavy atom. The van der Waals surface area contributed by atoms with Gasteiger partial charge < -0.3 is 9.84 Å². The predicted octanol–water partition coefficient (Wildman–Crippen LogP) is -0.886. The van der Waals surface area contributed by atoms with E-state index in [4.69, 9.17) is 4.74 Å². The topological polar surface area (TPSA) is 35.9 Å². The van der Waals surface area contributed by atoms with Gasteiger partial charge >= 0.3 is 0 Å². The summed E-state index contributed by atoms with van der Waals surface area (Å²) in [4.78, 5) is 0. The van der Waals surface area contributed by atoms with Crippen LogP contribution >= 0.6 is 0 Å². The maximum atomic E-state index is 9.30. The quantitative estimate of drug-likeness (QED) is 0.521. The van der Waals surface area contributed by atoms with Crippen molar-refractivity contribution in [2.45, 2.75) is 6.23 Å². The van der Waals surface area contributed by atoms with Gasteiger partial charge in [0.25, 0.3) is 0 Å². The van der Waals surface area contributed by atoms with Gasteiger partial charge in [-0.1, -0.05) is 0 Å². The van der Waals surface area contributed by atoms with Crippen molar-refractivity contribution >= 4 is 0 Å². The van der Waals surface area contributed by atoms with Gasteiger partial charge in [-0.2, -0.15) is 0 Å². The molecule has 1 saturated heterocycles.